The molecule has 4 rings (SSSR count). The van der Waals surface area contributed by atoms with Crippen LogP contribution in [0, 0.1) is 6.92 Å². The van der Waals surface area contributed by atoms with E-state index in [0.717, 1.165) is 11.1 Å². The number of ether oxygens (including phenoxy) is 1. The number of hydrogen-bond acceptors (Lipinski definition) is 4. The minimum Gasteiger partial charge on any atom is -0.484 e. The molecule has 6 heteroatoms. The van der Waals surface area contributed by atoms with Crippen molar-refractivity contribution in [3.8, 4) is 16.9 Å². The largest absolute Gasteiger partial charge is 0.484 e. The van der Waals surface area contributed by atoms with E-state index in [1.54, 1.807) is 36.4 Å². The normalized spacial score (nSPS) is 10.7. The molecule has 0 fully saturated rings. The predicted octanol–water partition coefficient (Wildman–Crippen LogP) is 5.44. The van der Waals surface area contributed by atoms with Crippen LogP contribution in [0.3, 0.4) is 0 Å². The second-order valence-corrected chi connectivity index (χ2v) is 7.24. The summed E-state index contributed by atoms with van der Waals surface area (Å²) in [4.78, 5) is 25.0. The number of aryl methyl sites for hydroxylation is 1. The summed E-state index contributed by atoms with van der Waals surface area (Å²) in [7, 11) is 0. The summed E-state index contributed by atoms with van der Waals surface area (Å²) in [5.41, 5.74) is 3.09. The zero-order chi connectivity index (χ0) is 21.1. The van der Waals surface area contributed by atoms with Crippen molar-refractivity contribution in [3.05, 3.63) is 93.8 Å². The van der Waals surface area contributed by atoms with E-state index in [1.807, 2.05) is 37.3 Å². The SMILES string of the molecule is Cc1cc(Cl)ccc1NC(=O)COc1ccc2c(=O)c(-c3ccccc3)coc2c1. The molecule has 0 saturated heterocycles. The molecule has 150 valence electrons. The van der Waals surface area contributed by atoms with Crippen molar-refractivity contribution in [3.63, 3.8) is 0 Å². The zero-order valence-electron chi connectivity index (χ0n) is 16.1. The van der Waals surface area contributed by atoms with Gasteiger partial charge >= 0.3 is 0 Å². The van der Waals surface area contributed by atoms with Crippen LogP contribution >= 0.6 is 11.6 Å². The molecule has 1 amide bonds. The number of amides is 1. The van der Waals surface area contributed by atoms with Crippen LogP contribution in [0.5, 0.6) is 5.75 Å². The fourth-order valence-corrected chi connectivity index (χ4v) is 3.34. The maximum Gasteiger partial charge on any atom is 0.262 e. The van der Waals surface area contributed by atoms with Crippen molar-refractivity contribution >= 4 is 34.2 Å². The van der Waals surface area contributed by atoms with E-state index in [0.29, 0.717) is 33.0 Å². The van der Waals surface area contributed by atoms with E-state index in [1.165, 1.54) is 6.26 Å². The van der Waals surface area contributed by atoms with E-state index in [4.69, 9.17) is 20.8 Å². The highest BCUT2D eigenvalue weighted by molar-refractivity contribution is 6.30. The van der Waals surface area contributed by atoms with Crippen LogP contribution < -0.4 is 15.5 Å². The lowest BCUT2D eigenvalue weighted by molar-refractivity contribution is -0.118. The number of rotatable bonds is 5. The van der Waals surface area contributed by atoms with Crippen molar-refractivity contribution < 1.29 is 13.9 Å². The first-order valence-electron chi connectivity index (χ1n) is 9.31. The molecule has 1 heterocycles. The maximum atomic E-state index is 12.8. The Bertz CT molecular complexity index is 1280. The number of benzene rings is 3. The number of fused-ring (bicyclic) bond motifs is 1. The summed E-state index contributed by atoms with van der Waals surface area (Å²) in [5.74, 6) is 0.127. The average molecular weight is 420 g/mol. The van der Waals surface area contributed by atoms with Gasteiger partial charge < -0.3 is 14.5 Å². The summed E-state index contributed by atoms with van der Waals surface area (Å²) < 4.78 is 11.2. The standard InChI is InChI=1S/C24H18ClNO4/c1-15-11-17(25)7-10-21(15)26-23(27)14-29-18-8-9-19-22(12-18)30-13-20(24(19)28)16-5-3-2-4-6-16/h2-13H,14H2,1H3,(H,26,27). The molecule has 0 aliphatic carbocycles. The van der Waals surface area contributed by atoms with Crippen molar-refractivity contribution in [1.29, 1.82) is 0 Å². The molecule has 0 radical (unpaired) electrons. The molecular formula is C24H18ClNO4. The van der Waals surface area contributed by atoms with Gasteiger partial charge in [0.25, 0.3) is 5.91 Å². The van der Waals surface area contributed by atoms with E-state index < -0.39 is 0 Å². The molecule has 0 aliphatic rings. The van der Waals surface area contributed by atoms with E-state index in [9.17, 15) is 9.59 Å². The highest BCUT2D eigenvalue weighted by atomic mass is 35.5. The molecule has 1 N–H and O–H groups in total. The third kappa shape index (κ3) is 4.21. The lowest BCUT2D eigenvalue weighted by Gasteiger charge is -2.10. The van der Waals surface area contributed by atoms with Crippen LogP contribution in [0.2, 0.25) is 5.02 Å². The molecular weight excluding hydrogens is 402 g/mol. The van der Waals surface area contributed by atoms with E-state index in [-0.39, 0.29) is 17.9 Å². The summed E-state index contributed by atoms with van der Waals surface area (Å²) in [6, 6.07) is 19.5. The van der Waals surface area contributed by atoms with Crippen LogP contribution in [-0.2, 0) is 4.79 Å². The van der Waals surface area contributed by atoms with Gasteiger partial charge in [0.05, 0.1) is 10.9 Å². The van der Waals surface area contributed by atoms with Gasteiger partial charge in [-0.05, 0) is 48.4 Å². The molecule has 3 aromatic carbocycles. The number of hydrogen-bond donors (Lipinski definition) is 1. The Labute approximate surface area is 177 Å². The summed E-state index contributed by atoms with van der Waals surface area (Å²) in [6.45, 7) is 1.68. The molecule has 0 unspecified atom stereocenters. The van der Waals surface area contributed by atoms with Crippen LogP contribution in [0.4, 0.5) is 5.69 Å². The molecule has 0 spiro atoms. The van der Waals surface area contributed by atoms with Crippen LogP contribution in [0.1, 0.15) is 5.56 Å². The summed E-state index contributed by atoms with van der Waals surface area (Å²) >= 11 is 5.93. The Kier molecular flexibility index (Phi) is 5.55. The third-order valence-corrected chi connectivity index (χ3v) is 4.90. The molecule has 30 heavy (non-hydrogen) atoms. The van der Waals surface area contributed by atoms with Gasteiger partial charge in [-0.25, -0.2) is 0 Å². The number of nitrogens with one attached hydrogen (secondary N) is 1. The highest BCUT2D eigenvalue weighted by Gasteiger charge is 2.11. The van der Waals surface area contributed by atoms with Crippen molar-refractivity contribution in [1.82, 2.24) is 0 Å². The lowest BCUT2D eigenvalue weighted by atomic mass is 10.1. The van der Waals surface area contributed by atoms with Crippen LogP contribution in [0.15, 0.2) is 82.2 Å². The topological polar surface area (TPSA) is 68.5 Å². The Morgan fingerprint density at radius 2 is 1.87 bits per heavy atom. The number of anilines is 1. The quantitative estimate of drug-likeness (QED) is 0.467. The van der Waals surface area contributed by atoms with E-state index in [2.05, 4.69) is 5.32 Å². The summed E-state index contributed by atoms with van der Waals surface area (Å²) in [5, 5.41) is 3.84. The van der Waals surface area contributed by atoms with Gasteiger partial charge in [-0.1, -0.05) is 41.9 Å². The Balaban J connectivity index is 1.49. The first kappa shape index (κ1) is 19.7. The Morgan fingerprint density at radius 1 is 1.07 bits per heavy atom. The van der Waals surface area contributed by atoms with Gasteiger partial charge in [0, 0.05) is 16.8 Å². The zero-order valence-corrected chi connectivity index (χ0v) is 16.9. The van der Waals surface area contributed by atoms with Crippen molar-refractivity contribution in [2.24, 2.45) is 0 Å². The molecule has 0 aliphatic heterocycles. The van der Waals surface area contributed by atoms with Gasteiger partial charge in [0.1, 0.15) is 17.6 Å². The Hall–Kier alpha value is -3.57. The number of carbonyl (C=O) groups is 1. The molecule has 0 bridgehead atoms. The molecule has 0 saturated carbocycles. The van der Waals surface area contributed by atoms with Gasteiger partial charge in [0.2, 0.25) is 0 Å². The predicted molar refractivity (Wildman–Crippen MR) is 118 cm³/mol. The van der Waals surface area contributed by atoms with Gasteiger partial charge in [-0.3, -0.25) is 9.59 Å². The first-order chi connectivity index (χ1) is 14.5. The molecule has 0 atom stereocenters. The third-order valence-electron chi connectivity index (χ3n) is 4.66. The average Bonchev–Trinajstić information content (AvgIpc) is 2.75. The van der Waals surface area contributed by atoms with Gasteiger partial charge in [-0.2, -0.15) is 0 Å². The Morgan fingerprint density at radius 3 is 2.63 bits per heavy atom. The minimum absolute atomic E-state index is 0.120. The lowest BCUT2D eigenvalue weighted by Crippen LogP contribution is -2.20. The van der Waals surface area contributed by atoms with Crippen molar-refractivity contribution in [2.45, 2.75) is 6.92 Å². The molecule has 1 aromatic heterocycles. The van der Waals surface area contributed by atoms with Gasteiger partial charge in [-0.15, -0.1) is 0 Å². The van der Waals surface area contributed by atoms with Crippen molar-refractivity contribution in [2.75, 3.05) is 11.9 Å². The monoisotopic (exact) mass is 419 g/mol. The minimum atomic E-state index is -0.304. The number of carbonyl (C=O) groups excluding carboxylic acids is 1. The maximum absolute atomic E-state index is 12.8. The van der Waals surface area contributed by atoms with E-state index >= 15 is 0 Å². The fraction of sp³-hybridized carbons (Fsp3) is 0.0833. The smallest absolute Gasteiger partial charge is 0.262 e. The summed E-state index contributed by atoms with van der Waals surface area (Å²) in [6.07, 6.45) is 1.44. The molecule has 5 nitrogen and oxygen atoms in total. The van der Waals surface area contributed by atoms with Gasteiger partial charge in [0.15, 0.2) is 12.0 Å². The van der Waals surface area contributed by atoms with Crippen LogP contribution in [0.25, 0.3) is 22.1 Å². The second-order valence-electron chi connectivity index (χ2n) is 6.80. The second kappa shape index (κ2) is 8.43. The number of halogens is 1. The first-order valence-corrected chi connectivity index (χ1v) is 9.69. The molecule has 4 aromatic rings. The van der Waals surface area contributed by atoms with Crippen LogP contribution in [-0.4, -0.2) is 12.5 Å². The highest BCUT2D eigenvalue weighted by Crippen LogP contribution is 2.23. The fourth-order valence-electron chi connectivity index (χ4n) is 3.12.